The van der Waals surface area contributed by atoms with Crippen LogP contribution in [0.5, 0.6) is 0 Å². The third kappa shape index (κ3) is 1.94. The first-order valence-corrected chi connectivity index (χ1v) is 7.43. The number of rotatable bonds is 2. The van der Waals surface area contributed by atoms with E-state index in [4.69, 9.17) is 5.73 Å². The number of fused-ring (bicyclic) bond motifs is 1. The quantitative estimate of drug-likeness (QED) is 0.683. The monoisotopic (exact) mass is 301 g/mol. The van der Waals surface area contributed by atoms with Gasteiger partial charge >= 0.3 is 0 Å². The van der Waals surface area contributed by atoms with Crippen LogP contribution in [0.3, 0.4) is 0 Å². The van der Waals surface area contributed by atoms with Crippen molar-refractivity contribution < 1.29 is 9.59 Å². The van der Waals surface area contributed by atoms with E-state index >= 15 is 0 Å². The molecular formula is C15H15N3O2S. The molecule has 1 aliphatic rings. The van der Waals surface area contributed by atoms with Gasteiger partial charge in [-0.25, -0.2) is 4.98 Å². The predicted octanol–water partition coefficient (Wildman–Crippen LogP) is 2.70. The molecule has 1 atom stereocenters. The van der Waals surface area contributed by atoms with Crippen molar-refractivity contribution in [3.63, 3.8) is 0 Å². The van der Waals surface area contributed by atoms with E-state index in [0.717, 1.165) is 15.6 Å². The van der Waals surface area contributed by atoms with Crippen LogP contribution in [0, 0.1) is 13.8 Å². The predicted molar refractivity (Wildman–Crippen MR) is 81.4 cm³/mol. The van der Waals surface area contributed by atoms with E-state index in [2.05, 4.69) is 4.98 Å². The van der Waals surface area contributed by atoms with Crippen molar-refractivity contribution in [1.29, 1.82) is 0 Å². The average molecular weight is 301 g/mol. The second kappa shape index (κ2) is 4.66. The summed E-state index contributed by atoms with van der Waals surface area (Å²) in [6, 6.07) is 4.56. The number of thiazole rings is 1. The Balaban J connectivity index is 2.06. The highest BCUT2D eigenvalue weighted by atomic mass is 32.1. The van der Waals surface area contributed by atoms with Crippen LogP contribution in [0.15, 0.2) is 18.2 Å². The third-order valence-electron chi connectivity index (χ3n) is 3.70. The molecule has 0 aliphatic carbocycles. The summed E-state index contributed by atoms with van der Waals surface area (Å²) in [4.78, 5) is 31.8. The third-order valence-corrected chi connectivity index (χ3v) is 4.60. The van der Waals surface area contributed by atoms with E-state index < -0.39 is 6.04 Å². The fraction of sp³-hybridized carbons (Fsp3) is 0.267. The number of carbonyl (C=O) groups is 2. The van der Waals surface area contributed by atoms with Crippen molar-refractivity contribution in [2.45, 2.75) is 26.8 Å². The van der Waals surface area contributed by atoms with E-state index in [-0.39, 0.29) is 11.8 Å². The minimum atomic E-state index is -0.401. The Morgan fingerprint density at radius 1 is 1.24 bits per heavy atom. The van der Waals surface area contributed by atoms with Crippen LogP contribution in [-0.4, -0.2) is 21.7 Å². The number of hydrogen-bond donors (Lipinski definition) is 1. The lowest BCUT2D eigenvalue weighted by atomic mass is 10.1. The molecule has 2 amide bonds. The standard InChI is InChI=1S/C15H15N3O2S/c1-7(13-8(2)21-9(3)17-13)18-14(19)10-5-4-6-11(16)12(10)15(18)20/h4-7H,16H2,1-3H3. The van der Waals surface area contributed by atoms with Gasteiger partial charge in [0.05, 0.1) is 27.9 Å². The van der Waals surface area contributed by atoms with Crippen LogP contribution in [0.25, 0.3) is 0 Å². The number of benzene rings is 1. The first-order valence-electron chi connectivity index (χ1n) is 6.62. The van der Waals surface area contributed by atoms with Crippen molar-refractivity contribution in [3.8, 4) is 0 Å². The summed E-state index contributed by atoms with van der Waals surface area (Å²) >= 11 is 1.56. The average Bonchev–Trinajstić information content (AvgIpc) is 2.88. The number of imide groups is 1. The molecule has 1 unspecified atom stereocenters. The highest BCUT2D eigenvalue weighted by molar-refractivity contribution is 7.11. The molecule has 1 aliphatic heterocycles. The number of anilines is 1. The molecule has 0 bridgehead atoms. The summed E-state index contributed by atoms with van der Waals surface area (Å²) in [6.07, 6.45) is 0. The van der Waals surface area contributed by atoms with E-state index in [1.54, 1.807) is 29.5 Å². The molecule has 0 fully saturated rings. The van der Waals surface area contributed by atoms with Crippen molar-refractivity contribution in [2.24, 2.45) is 0 Å². The van der Waals surface area contributed by atoms with Crippen molar-refractivity contribution in [2.75, 3.05) is 5.73 Å². The Morgan fingerprint density at radius 3 is 2.52 bits per heavy atom. The molecule has 1 aromatic heterocycles. The number of carbonyl (C=O) groups excluding carboxylic acids is 2. The molecule has 0 spiro atoms. The summed E-state index contributed by atoms with van der Waals surface area (Å²) in [6.45, 7) is 5.68. The number of aromatic nitrogens is 1. The molecule has 2 aromatic rings. The maximum absolute atomic E-state index is 12.6. The lowest BCUT2D eigenvalue weighted by Gasteiger charge is -2.21. The largest absolute Gasteiger partial charge is 0.398 e. The Labute approximate surface area is 126 Å². The normalized spacial score (nSPS) is 15.5. The van der Waals surface area contributed by atoms with E-state index in [1.165, 1.54) is 4.90 Å². The summed E-state index contributed by atoms with van der Waals surface area (Å²) in [7, 11) is 0. The number of hydrogen-bond acceptors (Lipinski definition) is 5. The fourth-order valence-electron chi connectivity index (χ4n) is 2.74. The second-order valence-corrected chi connectivity index (χ2v) is 6.51. The Kier molecular flexibility index (Phi) is 3.06. The first kappa shape index (κ1) is 13.8. The molecule has 2 heterocycles. The van der Waals surface area contributed by atoms with Gasteiger partial charge in [-0.2, -0.15) is 0 Å². The highest BCUT2D eigenvalue weighted by Gasteiger charge is 2.41. The summed E-state index contributed by atoms with van der Waals surface area (Å²) in [5.41, 5.74) is 7.63. The minimum Gasteiger partial charge on any atom is -0.398 e. The van der Waals surface area contributed by atoms with Crippen LogP contribution < -0.4 is 5.73 Å². The second-order valence-electron chi connectivity index (χ2n) is 5.10. The summed E-state index contributed by atoms with van der Waals surface area (Å²) < 4.78 is 0. The van der Waals surface area contributed by atoms with Crippen molar-refractivity contribution >= 4 is 28.8 Å². The maximum atomic E-state index is 12.6. The zero-order chi connectivity index (χ0) is 15.3. The molecule has 0 saturated carbocycles. The molecule has 3 rings (SSSR count). The Bertz CT molecular complexity index is 766. The first-order chi connectivity index (χ1) is 9.91. The van der Waals surface area contributed by atoms with Gasteiger partial charge in [-0.05, 0) is 32.9 Å². The van der Waals surface area contributed by atoms with Crippen molar-refractivity contribution in [1.82, 2.24) is 9.88 Å². The van der Waals surface area contributed by atoms with Crippen molar-refractivity contribution in [3.05, 3.63) is 44.9 Å². The molecular weight excluding hydrogens is 286 g/mol. The molecule has 108 valence electrons. The summed E-state index contributed by atoms with van der Waals surface area (Å²) in [5, 5.41) is 0.922. The number of nitrogens with two attached hydrogens (primary N) is 1. The lowest BCUT2D eigenvalue weighted by Crippen LogP contribution is -2.33. The minimum absolute atomic E-state index is 0.305. The molecule has 0 saturated heterocycles. The molecule has 5 nitrogen and oxygen atoms in total. The number of nitrogens with zero attached hydrogens (tertiary/aromatic N) is 2. The smallest absolute Gasteiger partial charge is 0.264 e. The van der Waals surface area contributed by atoms with E-state index in [0.29, 0.717) is 16.8 Å². The number of nitrogen functional groups attached to an aromatic ring is 1. The lowest BCUT2D eigenvalue weighted by molar-refractivity contribution is 0.0592. The van der Waals surface area contributed by atoms with Gasteiger partial charge in [-0.1, -0.05) is 6.07 Å². The van der Waals surface area contributed by atoms with E-state index in [1.807, 2.05) is 20.8 Å². The number of amides is 2. The number of aryl methyl sites for hydroxylation is 2. The van der Waals surface area contributed by atoms with Gasteiger partial charge in [-0.3, -0.25) is 14.5 Å². The van der Waals surface area contributed by atoms with Crippen LogP contribution in [-0.2, 0) is 0 Å². The van der Waals surface area contributed by atoms with Gasteiger partial charge in [0.15, 0.2) is 0 Å². The van der Waals surface area contributed by atoms with Gasteiger partial charge in [0.25, 0.3) is 11.8 Å². The maximum Gasteiger partial charge on any atom is 0.264 e. The van der Waals surface area contributed by atoms with Crippen LogP contribution in [0.4, 0.5) is 5.69 Å². The Morgan fingerprint density at radius 2 is 1.95 bits per heavy atom. The van der Waals surface area contributed by atoms with Gasteiger partial charge in [0.2, 0.25) is 0 Å². The van der Waals surface area contributed by atoms with Crippen LogP contribution in [0.1, 0.15) is 49.3 Å². The molecule has 0 radical (unpaired) electrons. The van der Waals surface area contributed by atoms with Gasteiger partial charge < -0.3 is 5.73 Å². The zero-order valence-corrected chi connectivity index (χ0v) is 12.8. The van der Waals surface area contributed by atoms with E-state index in [9.17, 15) is 9.59 Å². The molecule has 21 heavy (non-hydrogen) atoms. The summed E-state index contributed by atoms with van der Waals surface area (Å²) in [5.74, 6) is -0.648. The van der Waals surface area contributed by atoms with Crippen LogP contribution >= 0.6 is 11.3 Å². The zero-order valence-electron chi connectivity index (χ0n) is 12.0. The Hall–Kier alpha value is -2.21. The topological polar surface area (TPSA) is 76.3 Å². The molecule has 2 N–H and O–H groups in total. The SMILES string of the molecule is Cc1nc(C(C)N2C(=O)c3cccc(N)c3C2=O)c(C)s1. The van der Waals surface area contributed by atoms with Crippen LogP contribution in [0.2, 0.25) is 0 Å². The van der Waals surface area contributed by atoms with Gasteiger partial charge in [-0.15, -0.1) is 11.3 Å². The molecule has 6 heteroatoms. The van der Waals surface area contributed by atoms with Gasteiger partial charge in [0.1, 0.15) is 0 Å². The fourth-order valence-corrected chi connectivity index (χ4v) is 3.64. The highest BCUT2D eigenvalue weighted by Crippen LogP contribution is 2.35. The molecule has 1 aromatic carbocycles. The van der Waals surface area contributed by atoms with Gasteiger partial charge in [0, 0.05) is 10.6 Å².